The lowest BCUT2D eigenvalue weighted by molar-refractivity contribution is 0.254. The minimum Gasteiger partial charge on any atom is -0.314 e. The van der Waals surface area contributed by atoms with Crippen LogP contribution >= 0.6 is 11.3 Å². The number of nitrogens with zero attached hydrogens (tertiary/aromatic N) is 2. The third-order valence-corrected chi connectivity index (χ3v) is 4.34. The predicted molar refractivity (Wildman–Crippen MR) is 82.9 cm³/mol. The fourth-order valence-corrected chi connectivity index (χ4v) is 3.19. The van der Waals surface area contributed by atoms with Gasteiger partial charge in [0.25, 0.3) is 0 Å². The molecule has 0 saturated heterocycles. The number of thiazole rings is 1. The number of nitrogens with one attached hydrogen (secondary N) is 1. The standard InChI is InChI=1S/C15H25N3S/c1-5-16-13(15(2,3)4)8-6-7-12-11-18-9-10-19-14(18)17-12/h9-11,13,16H,5-8H2,1-4H3. The van der Waals surface area contributed by atoms with E-state index in [9.17, 15) is 0 Å². The van der Waals surface area contributed by atoms with Gasteiger partial charge in [0.15, 0.2) is 4.96 Å². The third kappa shape index (κ3) is 3.80. The number of aromatic nitrogens is 2. The molecule has 0 aromatic carbocycles. The smallest absolute Gasteiger partial charge is 0.193 e. The number of hydrogen-bond acceptors (Lipinski definition) is 3. The maximum absolute atomic E-state index is 4.64. The molecule has 0 spiro atoms. The maximum atomic E-state index is 4.64. The molecule has 0 saturated carbocycles. The van der Waals surface area contributed by atoms with E-state index in [2.05, 4.69) is 60.2 Å². The van der Waals surface area contributed by atoms with E-state index in [4.69, 9.17) is 0 Å². The summed E-state index contributed by atoms with van der Waals surface area (Å²) < 4.78 is 2.12. The fourth-order valence-electron chi connectivity index (χ4n) is 2.47. The molecule has 4 heteroatoms. The molecule has 0 fully saturated rings. The van der Waals surface area contributed by atoms with Crippen molar-refractivity contribution in [3.05, 3.63) is 23.5 Å². The minimum absolute atomic E-state index is 0.324. The van der Waals surface area contributed by atoms with Crippen molar-refractivity contribution < 1.29 is 0 Å². The number of fused-ring (bicyclic) bond motifs is 1. The van der Waals surface area contributed by atoms with Gasteiger partial charge in [-0.1, -0.05) is 27.7 Å². The van der Waals surface area contributed by atoms with Crippen molar-refractivity contribution in [3.8, 4) is 0 Å². The van der Waals surface area contributed by atoms with Crippen molar-refractivity contribution in [2.45, 2.75) is 53.0 Å². The maximum Gasteiger partial charge on any atom is 0.193 e. The molecule has 2 rings (SSSR count). The molecule has 0 bridgehead atoms. The van der Waals surface area contributed by atoms with Crippen molar-refractivity contribution in [2.24, 2.45) is 5.41 Å². The average molecular weight is 279 g/mol. The molecular weight excluding hydrogens is 254 g/mol. The first-order chi connectivity index (χ1) is 9.00. The highest BCUT2D eigenvalue weighted by molar-refractivity contribution is 7.15. The molecule has 106 valence electrons. The number of imidazole rings is 1. The van der Waals surface area contributed by atoms with E-state index in [0.717, 1.165) is 17.9 Å². The number of aryl methyl sites for hydroxylation is 1. The number of rotatable bonds is 6. The Hall–Kier alpha value is -0.870. The quantitative estimate of drug-likeness (QED) is 0.872. The Labute approximate surface area is 120 Å². The molecule has 0 aliphatic rings. The lowest BCUT2D eigenvalue weighted by Crippen LogP contribution is -2.40. The first-order valence-electron chi connectivity index (χ1n) is 7.15. The second kappa shape index (κ2) is 6.06. The van der Waals surface area contributed by atoms with Gasteiger partial charge < -0.3 is 5.32 Å². The number of hydrogen-bond donors (Lipinski definition) is 1. The fraction of sp³-hybridized carbons (Fsp3) is 0.667. The normalized spacial score (nSPS) is 14.1. The summed E-state index contributed by atoms with van der Waals surface area (Å²) in [5.74, 6) is 0. The highest BCUT2D eigenvalue weighted by atomic mass is 32.1. The molecule has 2 aromatic rings. The summed E-state index contributed by atoms with van der Waals surface area (Å²) in [6, 6.07) is 0.584. The summed E-state index contributed by atoms with van der Waals surface area (Å²) in [4.78, 5) is 5.74. The van der Waals surface area contributed by atoms with E-state index in [1.54, 1.807) is 11.3 Å². The van der Waals surface area contributed by atoms with Crippen LogP contribution in [0.1, 0.15) is 46.2 Å². The van der Waals surface area contributed by atoms with Gasteiger partial charge in [-0.2, -0.15) is 0 Å². The van der Waals surface area contributed by atoms with Crippen molar-refractivity contribution in [3.63, 3.8) is 0 Å². The van der Waals surface area contributed by atoms with Crippen LogP contribution in [0.4, 0.5) is 0 Å². The van der Waals surface area contributed by atoms with Crippen molar-refractivity contribution in [1.29, 1.82) is 0 Å². The van der Waals surface area contributed by atoms with Crippen LogP contribution in [0.3, 0.4) is 0 Å². The molecular formula is C15H25N3S. The van der Waals surface area contributed by atoms with Gasteiger partial charge in [-0.3, -0.25) is 4.40 Å². The lowest BCUT2D eigenvalue weighted by Gasteiger charge is -2.31. The monoisotopic (exact) mass is 279 g/mol. The molecule has 19 heavy (non-hydrogen) atoms. The van der Waals surface area contributed by atoms with Crippen LogP contribution < -0.4 is 5.32 Å². The Bertz CT molecular complexity index is 478. The van der Waals surface area contributed by atoms with Crippen LogP contribution in [0.2, 0.25) is 0 Å². The summed E-state index contributed by atoms with van der Waals surface area (Å²) >= 11 is 1.70. The Morgan fingerprint density at radius 3 is 2.84 bits per heavy atom. The first-order valence-corrected chi connectivity index (χ1v) is 8.03. The van der Waals surface area contributed by atoms with Gasteiger partial charge in [-0.15, -0.1) is 11.3 Å². The Morgan fingerprint density at radius 2 is 2.21 bits per heavy atom. The molecule has 1 unspecified atom stereocenters. The predicted octanol–water partition coefficient (Wildman–Crippen LogP) is 3.74. The van der Waals surface area contributed by atoms with Crippen LogP contribution in [0.15, 0.2) is 17.8 Å². The van der Waals surface area contributed by atoms with Gasteiger partial charge in [0.05, 0.1) is 5.69 Å². The molecule has 2 heterocycles. The van der Waals surface area contributed by atoms with E-state index in [1.807, 2.05) is 0 Å². The van der Waals surface area contributed by atoms with E-state index >= 15 is 0 Å². The second-order valence-corrected chi connectivity index (χ2v) is 7.07. The highest BCUT2D eigenvalue weighted by Crippen LogP contribution is 2.23. The van der Waals surface area contributed by atoms with Gasteiger partial charge in [0.1, 0.15) is 0 Å². The van der Waals surface area contributed by atoms with Crippen molar-refractivity contribution >= 4 is 16.3 Å². The average Bonchev–Trinajstić information content (AvgIpc) is 2.86. The lowest BCUT2D eigenvalue weighted by atomic mass is 9.83. The zero-order chi connectivity index (χ0) is 13.9. The SMILES string of the molecule is CCNC(CCCc1cn2ccsc2n1)C(C)(C)C. The summed E-state index contributed by atoms with van der Waals surface area (Å²) in [6.45, 7) is 10.2. The largest absolute Gasteiger partial charge is 0.314 e. The van der Waals surface area contributed by atoms with E-state index in [1.165, 1.54) is 18.5 Å². The summed E-state index contributed by atoms with van der Waals surface area (Å²) in [6.07, 6.45) is 7.72. The molecule has 2 aromatic heterocycles. The molecule has 0 aliphatic carbocycles. The van der Waals surface area contributed by atoms with Gasteiger partial charge in [0, 0.05) is 23.8 Å². The third-order valence-electron chi connectivity index (χ3n) is 3.56. The van der Waals surface area contributed by atoms with Gasteiger partial charge in [0.2, 0.25) is 0 Å². The summed E-state index contributed by atoms with van der Waals surface area (Å²) in [7, 11) is 0. The summed E-state index contributed by atoms with van der Waals surface area (Å²) in [5, 5.41) is 5.68. The van der Waals surface area contributed by atoms with E-state index in [-0.39, 0.29) is 0 Å². The molecule has 0 radical (unpaired) electrons. The van der Waals surface area contributed by atoms with Gasteiger partial charge in [-0.05, 0) is 31.2 Å². The molecule has 0 amide bonds. The van der Waals surface area contributed by atoms with Gasteiger partial charge in [-0.25, -0.2) is 4.98 Å². The first kappa shape index (κ1) is 14.5. The van der Waals surface area contributed by atoms with Crippen LogP contribution in [-0.2, 0) is 6.42 Å². The highest BCUT2D eigenvalue weighted by Gasteiger charge is 2.22. The molecule has 1 atom stereocenters. The topological polar surface area (TPSA) is 29.3 Å². The van der Waals surface area contributed by atoms with Crippen molar-refractivity contribution in [1.82, 2.24) is 14.7 Å². The zero-order valence-electron chi connectivity index (χ0n) is 12.4. The Balaban J connectivity index is 1.86. The van der Waals surface area contributed by atoms with Gasteiger partial charge >= 0.3 is 0 Å². The molecule has 1 N–H and O–H groups in total. The van der Waals surface area contributed by atoms with Crippen LogP contribution in [0.25, 0.3) is 4.96 Å². The summed E-state index contributed by atoms with van der Waals surface area (Å²) in [5.41, 5.74) is 1.54. The van der Waals surface area contributed by atoms with Crippen molar-refractivity contribution in [2.75, 3.05) is 6.54 Å². The Kier molecular flexibility index (Phi) is 4.63. The Morgan fingerprint density at radius 1 is 1.42 bits per heavy atom. The van der Waals surface area contributed by atoms with E-state index < -0.39 is 0 Å². The molecule has 0 aliphatic heterocycles. The van der Waals surface area contributed by atoms with Crippen LogP contribution in [0, 0.1) is 5.41 Å². The molecule has 3 nitrogen and oxygen atoms in total. The van der Waals surface area contributed by atoms with Crippen LogP contribution in [0.5, 0.6) is 0 Å². The second-order valence-electron chi connectivity index (χ2n) is 6.19. The van der Waals surface area contributed by atoms with Crippen LogP contribution in [-0.4, -0.2) is 22.0 Å². The zero-order valence-corrected chi connectivity index (χ0v) is 13.3. The minimum atomic E-state index is 0.324. The van der Waals surface area contributed by atoms with E-state index in [0.29, 0.717) is 11.5 Å².